The van der Waals surface area contributed by atoms with E-state index in [1.165, 1.54) is 22.4 Å². The number of aryl methyl sites for hydroxylation is 1. The van der Waals surface area contributed by atoms with Gasteiger partial charge < -0.3 is 14.5 Å². The number of anilines is 1. The number of rotatable bonds is 8. The monoisotopic (exact) mass is 713 g/mol. The molecule has 51 heavy (non-hydrogen) atoms. The molecule has 15 heteroatoms. The van der Waals surface area contributed by atoms with Crippen molar-refractivity contribution in [1.29, 1.82) is 5.26 Å². The molecule has 3 aliphatic rings. The number of nitrogens with one attached hydrogen (secondary N) is 1. The van der Waals surface area contributed by atoms with Crippen molar-refractivity contribution in [1.82, 2.24) is 34.9 Å². The molecule has 262 valence electrons. The first-order valence-corrected chi connectivity index (χ1v) is 17.8. The molecule has 0 aliphatic carbocycles. The van der Waals surface area contributed by atoms with Crippen molar-refractivity contribution in [2.45, 2.75) is 50.4 Å². The van der Waals surface area contributed by atoms with Gasteiger partial charge in [-0.25, -0.2) is 18.2 Å². The number of piperazine rings is 1. The van der Waals surface area contributed by atoms with E-state index in [4.69, 9.17) is 9.72 Å². The Balaban J connectivity index is 1.18. The van der Waals surface area contributed by atoms with Crippen molar-refractivity contribution in [2.24, 2.45) is 0 Å². The van der Waals surface area contributed by atoms with Crippen LogP contribution in [0.4, 0.5) is 19.0 Å². The standard InChI is InChI=1S/C36H34F3N9O2S/c1-21-3-6-28-26(17-42-45-28)30(21)24-4-5-25-32(31(24)39)43-35(50-20-36-8-2-11-47(36)18-22(37)16-36)44-33(25)46-12-13-48(23(19-46)7-9-40)34(49)27(38)15-29-41-10-14-51-29/h3-6,10,14-15,17,22-23H,2,7-8,11-13,16,18-20H2,1H3,(H,42,45)/b27-15-/t22-,23+,36+/m1/s1. The molecule has 5 aromatic rings. The Morgan fingerprint density at radius 2 is 2.08 bits per heavy atom. The average Bonchev–Trinajstić information content (AvgIpc) is 3.93. The van der Waals surface area contributed by atoms with Crippen LogP contribution in [0.5, 0.6) is 6.01 Å². The Labute approximate surface area is 295 Å². The number of halogens is 3. The van der Waals surface area contributed by atoms with E-state index in [0.717, 1.165) is 41.9 Å². The van der Waals surface area contributed by atoms with E-state index in [-0.39, 0.29) is 44.2 Å². The van der Waals surface area contributed by atoms with Crippen LogP contribution in [0.15, 0.2) is 47.9 Å². The number of hydrogen-bond donors (Lipinski definition) is 1. The number of benzene rings is 2. The van der Waals surface area contributed by atoms with Gasteiger partial charge in [-0.15, -0.1) is 11.3 Å². The molecular weight excluding hydrogens is 680 g/mol. The van der Waals surface area contributed by atoms with Crippen LogP contribution < -0.4 is 9.64 Å². The number of hydrogen-bond acceptors (Lipinski definition) is 10. The molecule has 6 heterocycles. The predicted molar refractivity (Wildman–Crippen MR) is 187 cm³/mol. The summed E-state index contributed by atoms with van der Waals surface area (Å²) in [4.78, 5) is 32.0. The van der Waals surface area contributed by atoms with Crippen molar-refractivity contribution < 1.29 is 22.7 Å². The van der Waals surface area contributed by atoms with E-state index in [0.29, 0.717) is 40.3 Å². The summed E-state index contributed by atoms with van der Waals surface area (Å²) in [5, 5.41) is 20.0. The molecule has 2 aromatic carbocycles. The van der Waals surface area contributed by atoms with Gasteiger partial charge in [0.05, 0.1) is 35.8 Å². The number of nitriles is 1. The summed E-state index contributed by atoms with van der Waals surface area (Å²) in [5.41, 5.74) is 2.19. The highest BCUT2D eigenvalue weighted by Gasteiger charge is 2.49. The lowest BCUT2D eigenvalue weighted by Crippen LogP contribution is -2.55. The van der Waals surface area contributed by atoms with Crippen LogP contribution >= 0.6 is 11.3 Å². The smallest absolute Gasteiger partial charge is 0.319 e. The number of amides is 1. The summed E-state index contributed by atoms with van der Waals surface area (Å²) in [5.74, 6) is -2.00. The maximum Gasteiger partial charge on any atom is 0.319 e. The van der Waals surface area contributed by atoms with Gasteiger partial charge in [-0.3, -0.25) is 14.8 Å². The first-order chi connectivity index (χ1) is 24.7. The summed E-state index contributed by atoms with van der Waals surface area (Å²) in [6.07, 6.45) is 5.33. The lowest BCUT2D eigenvalue weighted by Gasteiger charge is -2.41. The van der Waals surface area contributed by atoms with Gasteiger partial charge in [0.1, 0.15) is 29.1 Å². The largest absolute Gasteiger partial charge is 0.461 e. The molecule has 8 rings (SSSR count). The van der Waals surface area contributed by atoms with E-state index in [1.807, 2.05) is 24.0 Å². The molecule has 0 radical (unpaired) electrons. The number of carbonyl (C=O) groups excluding carboxylic acids is 1. The van der Waals surface area contributed by atoms with Crippen molar-refractivity contribution in [3.63, 3.8) is 0 Å². The summed E-state index contributed by atoms with van der Waals surface area (Å²) in [6.45, 7) is 3.64. The molecule has 1 N–H and O–H groups in total. The van der Waals surface area contributed by atoms with Gasteiger partial charge in [-0.1, -0.05) is 12.1 Å². The molecule has 3 aliphatic heterocycles. The maximum absolute atomic E-state index is 16.9. The first-order valence-electron chi connectivity index (χ1n) is 16.9. The third-order valence-corrected chi connectivity index (χ3v) is 11.1. The minimum atomic E-state index is -0.968. The number of carbonyl (C=O) groups is 1. The van der Waals surface area contributed by atoms with E-state index in [1.54, 1.807) is 23.7 Å². The highest BCUT2D eigenvalue weighted by Crippen LogP contribution is 2.42. The highest BCUT2D eigenvalue weighted by atomic mass is 32.1. The lowest BCUT2D eigenvalue weighted by atomic mass is 9.95. The van der Waals surface area contributed by atoms with Crippen LogP contribution in [0.25, 0.3) is 39.0 Å². The molecule has 1 amide bonds. The minimum Gasteiger partial charge on any atom is -0.461 e. The normalized spacial score (nSPS) is 22.5. The van der Waals surface area contributed by atoms with Crippen LogP contribution in [0.2, 0.25) is 0 Å². The Morgan fingerprint density at radius 1 is 1.20 bits per heavy atom. The Morgan fingerprint density at radius 3 is 2.90 bits per heavy atom. The van der Waals surface area contributed by atoms with Crippen LogP contribution in [0.3, 0.4) is 0 Å². The minimum absolute atomic E-state index is 0.0377. The number of ether oxygens (including phenoxy) is 1. The molecule has 0 spiro atoms. The summed E-state index contributed by atoms with van der Waals surface area (Å²) < 4.78 is 52.9. The first kappa shape index (κ1) is 33.1. The molecule has 3 saturated heterocycles. The van der Waals surface area contributed by atoms with Gasteiger partial charge in [0.15, 0.2) is 11.6 Å². The van der Waals surface area contributed by atoms with E-state index >= 15 is 8.78 Å². The zero-order chi connectivity index (χ0) is 35.3. The summed E-state index contributed by atoms with van der Waals surface area (Å²) >= 11 is 1.20. The molecule has 0 unspecified atom stereocenters. The number of fused-ring (bicyclic) bond motifs is 3. The number of aromatic amines is 1. The van der Waals surface area contributed by atoms with Crippen LogP contribution in [-0.2, 0) is 4.79 Å². The zero-order valence-corrected chi connectivity index (χ0v) is 28.6. The average molecular weight is 714 g/mol. The van der Waals surface area contributed by atoms with Gasteiger partial charge in [-0.2, -0.15) is 20.3 Å². The van der Waals surface area contributed by atoms with Gasteiger partial charge in [0.25, 0.3) is 5.91 Å². The molecule has 3 fully saturated rings. The molecule has 0 bridgehead atoms. The lowest BCUT2D eigenvalue weighted by molar-refractivity contribution is -0.131. The Kier molecular flexibility index (Phi) is 8.59. The van der Waals surface area contributed by atoms with Gasteiger partial charge in [0, 0.05) is 66.6 Å². The van der Waals surface area contributed by atoms with E-state index in [2.05, 4.69) is 31.1 Å². The van der Waals surface area contributed by atoms with Gasteiger partial charge in [-0.05, 0) is 49.6 Å². The van der Waals surface area contributed by atoms with Crippen molar-refractivity contribution in [3.8, 4) is 23.2 Å². The van der Waals surface area contributed by atoms with Gasteiger partial charge >= 0.3 is 6.01 Å². The number of alkyl halides is 1. The zero-order valence-electron chi connectivity index (χ0n) is 27.8. The second kappa shape index (κ2) is 13.2. The van der Waals surface area contributed by atoms with Crippen LogP contribution in [0.1, 0.15) is 36.3 Å². The second-order valence-electron chi connectivity index (χ2n) is 13.4. The molecule has 3 atom stereocenters. The van der Waals surface area contributed by atoms with Crippen molar-refractivity contribution in [3.05, 3.63) is 64.3 Å². The number of thiazole rings is 1. The SMILES string of the molecule is Cc1ccc2[nH]ncc2c1-c1ccc2c(N3CCN(C(=O)/C(F)=C/c4nccs4)[C@@H](CC#N)C3)nc(OC[C@@]34CCCN3C[C@H](F)C4)nc2c1F. The molecule has 3 aromatic heterocycles. The fourth-order valence-electron chi connectivity index (χ4n) is 7.96. The second-order valence-corrected chi connectivity index (χ2v) is 14.4. The van der Waals surface area contributed by atoms with Crippen LogP contribution in [0, 0.1) is 24.1 Å². The van der Waals surface area contributed by atoms with Crippen LogP contribution in [-0.4, -0.2) is 97.9 Å². The summed E-state index contributed by atoms with van der Waals surface area (Å²) in [7, 11) is 0. The third kappa shape index (κ3) is 5.95. The number of nitrogens with zero attached hydrogens (tertiary/aromatic N) is 8. The Hall–Kier alpha value is -5.07. The maximum atomic E-state index is 16.9. The molecule has 11 nitrogen and oxygen atoms in total. The quantitative estimate of drug-likeness (QED) is 0.194. The van der Waals surface area contributed by atoms with Crippen molar-refractivity contribution >= 4 is 50.9 Å². The topological polar surface area (TPSA) is 127 Å². The van der Waals surface area contributed by atoms with E-state index in [9.17, 15) is 14.4 Å². The predicted octanol–water partition coefficient (Wildman–Crippen LogP) is 5.97. The third-order valence-electron chi connectivity index (χ3n) is 10.4. The van der Waals surface area contributed by atoms with E-state index < -0.39 is 35.3 Å². The number of aromatic nitrogens is 5. The van der Waals surface area contributed by atoms with Gasteiger partial charge in [0.2, 0.25) is 0 Å². The fraction of sp³-hybridized carbons (Fsp3) is 0.389. The molecule has 0 saturated carbocycles. The highest BCUT2D eigenvalue weighted by molar-refractivity contribution is 7.10. The number of H-pyrrole nitrogens is 1. The fourth-order valence-corrected chi connectivity index (χ4v) is 8.52. The Bertz CT molecular complexity index is 2200. The summed E-state index contributed by atoms with van der Waals surface area (Å²) in [6, 6.07) is 8.64. The molecular formula is C36H34F3N9O2S. The van der Waals surface area contributed by atoms with Crippen molar-refractivity contribution in [2.75, 3.05) is 44.2 Å².